The minimum atomic E-state index is 0.139. The topological polar surface area (TPSA) is 47.3 Å². The SMILES string of the molecule is CC1(C)CCC(CCO)CN1c1ccc(C#N)cc1. The zero-order valence-corrected chi connectivity index (χ0v) is 11.8. The molecule has 1 atom stereocenters. The van der Waals surface area contributed by atoms with Crippen LogP contribution in [0.1, 0.15) is 38.7 Å². The molecule has 1 aromatic carbocycles. The van der Waals surface area contributed by atoms with Crippen LogP contribution in [0.3, 0.4) is 0 Å². The summed E-state index contributed by atoms with van der Waals surface area (Å²) in [6.07, 6.45) is 3.20. The van der Waals surface area contributed by atoms with Gasteiger partial charge in [-0.3, -0.25) is 0 Å². The summed E-state index contributed by atoms with van der Waals surface area (Å²) in [6.45, 7) is 5.78. The van der Waals surface area contributed by atoms with Gasteiger partial charge in [0.05, 0.1) is 11.6 Å². The van der Waals surface area contributed by atoms with E-state index in [0.29, 0.717) is 11.5 Å². The van der Waals surface area contributed by atoms with Crippen molar-refractivity contribution in [1.29, 1.82) is 5.26 Å². The van der Waals surface area contributed by atoms with Crippen LogP contribution in [0.5, 0.6) is 0 Å². The van der Waals surface area contributed by atoms with Crippen LogP contribution in [0, 0.1) is 17.2 Å². The quantitative estimate of drug-likeness (QED) is 0.906. The van der Waals surface area contributed by atoms with Gasteiger partial charge < -0.3 is 10.0 Å². The van der Waals surface area contributed by atoms with Gasteiger partial charge in [0.1, 0.15) is 0 Å². The zero-order valence-electron chi connectivity index (χ0n) is 11.8. The predicted molar refractivity (Wildman–Crippen MR) is 77.0 cm³/mol. The van der Waals surface area contributed by atoms with E-state index in [1.54, 1.807) is 0 Å². The lowest BCUT2D eigenvalue weighted by Crippen LogP contribution is -2.50. The molecule has 3 heteroatoms. The highest BCUT2D eigenvalue weighted by Gasteiger charge is 2.33. The Labute approximate surface area is 115 Å². The average molecular weight is 258 g/mol. The van der Waals surface area contributed by atoms with Crippen LogP contribution in [0.4, 0.5) is 5.69 Å². The maximum atomic E-state index is 9.12. The number of aliphatic hydroxyl groups is 1. The highest BCUT2D eigenvalue weighted by Crippen LogP contribution is 2.35. The van der Waals surface area contributed by atoms with Crippen LogP contribution in [-0.4, -0.2) is 23.8 Å². The van der Waals surface area contributed by atoms with Crippen molar-refractivity contribution in [2.24, 2.45) is 5.92 Å². The van der Waals surface area contributed by atoms with Crippen molar-refractivity contribution in [2.75, 3.05) is 18.1 Å². The monoisotopic (exact) mass is 258 g/mol. The molecule has 102 valence electrons. The standard InChI is InChI=1S/C16H22N2O/c1-16(2)9-7-14(8-10-19)12-18(16)15-5-3-13(11-17)4-6-15/h3-6,14,19H,7-10,12H2,1-2H3. The molecule has 1 unspecified atom stereocenters. The summed E-state index contributed by atoms with van der Waals surface area (Å²) >= 11 is 0. The second kappa shape index (κ2) is 5.63. The van der Waals surface area contributed by atoms with Gasteiger partial charge in [0.25, 0.3) is 0 Å². The summed E-state index contributed by atoms with van der Waals surface area (Å²) in [6, 6.07) is 9.97. The van der Waals surface area contributed by atoms with Crippen molar-refractivity contribution in [3.05, 3.63) is 29.8 Å². The van der Waals surface area contributed by atoms with E-state index in [4.69, 9.17) is 10.4 Å². The maximum absolute atomic E-state index is 9.12. The number of rotatable bonds is 3. The van der Waals surface area contributed by atoms with Crippen molar-refractivity contribution in [3.8, 4) is 6.07 Å². The van der Waals surface area contributed by atoms with Gasteiger partial charge >= 0.3 is 0 Å². The molecule has 3 nitrogen and oxygen atoms in total. The van der Waals surface area contributed by atoms with Crippen LogP contribution >= 0.6 is 0 Å². The summed E-state index contributed by atoms with van der Waals surface area (Å²) in [7, 11) is 0. The molecule has 0 radical (unpaired) electrons. The van der Waals surface area contributed by atoms with Crippen molar-refractivity contribution in [1.82, 2.24) is 0 Å². The third-order valence-corrected chi connectivity index (χ3v) is 4.18. The van der Waals surface area contributed by atoms with Crippen LogP contribution in [0.25, 0.3) is 0 Å². The lowest BCUT2D eigenvalue weighted by Gasteiger charge is -2.47. The molecule has 1 aliphatic rings. The minimum Gasteiger partial charge on any atom is -0.396 e. The number of nitrogens with zero attached hydrogens (tertiary/aromatic N) is 2. The fraction of sp³-hybridized carbons (Fsp3) is 0.562. The van der Waals surface area contributed by atoms with Gasteiger partial charge in [-0.25, -0.2) is 0 Å². The Hall–Kier alpha value is -1.53. The summed E-state index contributed by atoms with van der Waals surface area (Å²) in [5, 5.41) is 18.0. The molecule has 0 amide bonds. The van der Waals surface area contributed by atoms with Crippen LogP contribution in [0.15, 0.2) is 24.3 Å². The van der Waals surface area contributed by atoms with Gasteiger partial charge in [-0.15, -0.1) is 0 Å². The lowest BCUT2D eigenvalue weighted by atomic mass is 9.83. The first-order valence-electron chi connectivity index (χ1n) is 6.95. The molecule has 0 bridgehead atoms. The summed E-state index contributed by atoms with van der Waals surface area (Å²) in [5.41, 5.74) is 2.01. The number of hydrogen-bond acceptors (Lipinski definition) is 3. The first kappa shape index (κ1) is 13.9. The Balaban J connectivity index is 2.20. The van der Waals surface area contributed by atoms with Gasteiger partial charge in [-0.1, -0.05) is 0 Å². The van der Waals surface area contributed by atoms with E-state index in [1.165, 1.54) is 12.1 Å². The van der Waals surface area contributed by atoms with Crippen LogP contribution < -0.4 is 4.90 Å². The number of piperidine rings is 1. The van der Waals surface area contributed by atoms with Gasteiger partial charge in [0, 0.05) is 24.4 Å². The summed E-state index contributed by atoms with van der Waals surface area (Å²) < 4.78 is 0. The minimum absolute atomic E-state index is 0.139. The van der Waals surface area contributed by atoms with Crippen molar-refractivity contribution in [3.63, 3.8) is 0 Å². The number of nitriles is 1. The first-order valence-corrected chi connectivity index (χ1v) is 6.95. The highest BCUT2D eigenvalue weighted by atomic mass is 16.3. The largest absolute Gasteiger partial charge is 0.396 e. The van der Waals surface area contributed by atoms with E-state index in [9.17, 15) is 0 Å². The van der Waals surface area contributed by atoms with Crippen molar-refractivity contribution < 1.29 is 5.11 Å². The molecule has 1 aliphatic heterocycles. The lowest BCUT2D eigenvalue weighted by molar-refractivity contribution is 0.217. The molecule has 1 aromatic rings. The fourth-order valence-electron chi connectivity index (χ4n) is 2.88. The molecule has 2 rings (SSSR count). The fourth-order valence-corrected chi connectivity index (χ4v) is 2.88. The molecule has 1 N–H and O–H groups in total. The summed E-state index contributed by atoms with van der Waals surface area (Å²) in [4.78, 5) is 2.41. The normalized spacial score (nSPS) is 22.0. The Kier molecular flexibility index (Phi) is 4.11. The first-order chi connectivity index (χ1) is 9.06. The van der Waals surface area contributed by atoms with Gasteiger partial charge in [0.2, 0.25) is 0 Å². The molecular weight excluding hydrogens is 236 g/mol. The average Bonchev–Trinajstić information content (AvgIpc) is 2.41. The van der Waals surface area contributed by atoms with Gasteiger partial charge in [0.15, 0.2) is 0 Å². The van der Waals surface area contributed by atoms with E-state index in [0.717, 1.165) is 19.4 Å². The molecule has 0 aromatic heterocycles. The highest BCUT2D eigenvalue weighted by molar-refractivity contribution is 5.52. The van der Waals surface area contributed by atoms with Crippen molar-refractivity contribution >= 4 is 5.69 Å². The molecule has 0 spiro atoms. The Morgan fingerprint density at radius 3 is 2.63 bits per heavy atom. The van der Waals surface area contributed by atoms with Crippen molar-refractivity contribution in [2.45, 2.75) is 38.6 Å². The molecule has 19 heavy (non-hydrogen) atoms. The molecule has 1 fully saturated rings. The molecular formula is C16H22N2O. The smallest absolute Gasteiger partial charge is 0.0991 e. The Bertz CT molecular complexity index is 459. The van der Waals surface area contributed by atoms with Gasteiger partial charge in [-0.05, 0) is 63.3 Å². The molecule has 0 aliphatic carbocycles. The summed E-state index contributed by atoms with van der Waals surface area (Å²) in [5.74, 6) is 0.564. The Morgan fingerprint density at radius 2 is 2.05 bits per heavy atom. The molecule has 0 saturated carbocycles. The molecule has 1 heterocycles. The van der Waals surface area contributed by atoms with Crippen LogP contribution in [-0.2, 0) is 0 Å². The van der Waals surface area contributed by atoms with Gasteiger partial charge in [-0.2, -0.15) is 5.26 Å². The predicted octanol–water partition coefficient (Wildman–Crippen LogP) is 2.94. The second-order valence-electron chi connectivity index (χ2n) is 6.00. The maximum Gasteiger partial charge on any atom is 0.0991 e. The van der Waals surface area contributed by atoms with E-state index >= 15 is 0 Å². The number of hydrogen-bond donors (Lipinski definition) is 1. The van der Waals surface area contributed by atoms with E-state index in [2.05, 4.69) is 24.8 Å². The number of benzene rings is 1. The van der Waals surface area contributed by atoms with E-state index < -0.39 is 0 Å². The molecule has 1 saturated heterocycles. The number of anilines is 1. The third kappa shape index (κ3) is 3.08. The Morgan fingerprint density at radius 1 is 1.37 bits per heavy atom. The number of aliphatic hydroxyl groups excluding tert-OH is 1. The van der Waals surface area contributed by atoms with E-state index in [-0.39, 0.29) is 12.1 Å². The van der Waals surface area contributed by atoms with Crippen LogP contribution in [0.2, 0.25) is 0 Å². The second-order valence-corrected chi connectivity index (χ2v) is 6.00. The third-order valence-electron chi connectivity index (χ3n) is 4.18. The van der Waals surface area contributed by atoms with E-state index in [1.807, 2.05) is 24.3 Å². The zero-order chi connectivity index (χ0) is 13.9.